The summed E-state index contributed by atoms with van der Waals surface area (Å²) in [6, 6.07) is 2.24. The van der Waals surface area contributed by atoms with Gasteiger partial charge in [-0.25, -0.2) is 9.97 Å². The van der Waals surface area contributed by atoms with E-state index >= 15 is 0 Å². The summed E-state index contributed by atoms with van der Waals surface area (Å²) >= 11 is 1.78. The van der Waals surface area contributed by atoms with Crippen molar-refractivity contribution >= 4 is 21.6 Å². The molecule has 0 aliphatic rings. The predicted octanol–water partition coefficient (Wildman–Crippen LogP) is 3.55. The zero-order chi connectivity index (χ0) is 11.1. The van der Waals surface area contributed by atoms with E-state index in [9.17, 15) is 0 Å². The summed E-state index contributed by atoms with van der Waals surface area (Å²) in [5, 5.41) is 1.23. The number of hydrogen-bond donors (Lipinski definition) is 0. The van der Waals surface area contributed by atoms with Gasteiger partial charge < -0.3 is 0 Å². The lowest BCUT2D eigenvalue weighted by atomic mass is 9.90. The van der Waals surface area contributed by atoms with Gasteiger partial charge in [0, 0.05) is 15.7 Å². The van der Waals surface area contributed by atoms with Crippen LogP contribution >= 0.6 is 11.3 Å². The van der Waals surface area contributed by atoms with Crippen molar-refractivity contribution in [3.8, 4) is 0 Å². The number of fused-ring (bicyclic) bond motifs is 1. The van der Waals surface area contributed by atoms with Gasteiger partial charge in [0.2, 0.25) is 0 Å². The fourth-order valence-corrected chi connectivity index (χ4v) is 2.61. The molecule has 0 fully saturated rings. The Labute approximate surface area is 94.4 Å². The maximum Gasteiger partial charge on any atom is 0.127 e. The average Bonchev–Trinajstić information content (AvgIpc) is 2.57. The summed E-state index contributed by atoms with van der Waals surface area (Å²) < 4.78 is 0. The highest BCUT2D eigenvalue weighted by Gasteiger charge is 2.19. The van der Waals surface area contributed by atoms with Gasteiger partial charge in [-0.3, -0.25) is 0 Å². The molecule has 0 atom stereocenters. The molecule has 0 unspecified atom stereocenters. The van der Waals surface area contributed by atoms with E-state index in [0.717, 1.165) is 16.9 Å². The molecule has 0 bridgehead atoms. The first-order chi connectivity index (χ1) is 7.02. The lowest BCUT2D eigenvalue weighted by molar-refractivity contribution is 0.574. The van der Waals surface area contributed by atoms with Crippen LogP contribution in [0.4, 0.5) is 0 Å². The SMILES string of the molecule is CCc1cc2c(C(C)(C)C)ncnc2s1. The van der Waals surface area contributed by atoms with E-state index in [1.807, 2.05) is 0 Å². The molecule has 2 aromatic rings. The summed E-state index contributed by atoms with van der Waals surface area (Å²) in [6.07, 6.45) is 2.75. The van der Waals surface area contributed by atoms with Gasteiger partial charge in [-0.15, -0.1) is 11.3 Å². The van der Waals surface area contributed by atoms with Crippen LogP contribution in [0.15, 0.2) is 12.4 Å². The average molecular weight is 220 g/mol. The second-order valence-electron chi connectivity index (χ2n) is 4.76. The number of aryl methyl sites for hydroxylation is 1. The van der Waals surface area contributed by atoms with Crippen molar-refractivity contribution in [2.75, 3.05) is 0 Å². The van der Waals surface area contributed by atoms with Gasteiger partial charge in [-0.05, 0) is 12.5 Å². The normalized spacial score (nSPS) is 12.3. The monoisotopic (exact) mass is 220 g/mol. The Hall–Kier alpha value is -0.960. The van der Waals surface area contributed by atoms with E-state index < -0.39 is 0 Å². The van der Waals surface area contributed by atoms with Crippen LogP contribution in [0.1, 0.15) is 38.3 Å². The molecule has 15 heavy (non-hydrogen) atoms. The lowest BCUT2D eigenvalue weighted by Crippen LogP contribution is -2.13. The van der Waals surface area contributed by atoms with Crippen LogP contribution in [-0.4, -0.2) is 9.97 Å². The fourth-order valence-electron chi connectivity index (χ4n) is 1.68. The Morgan fingerprint density at radius 1 is 1.27 bits per heavy atom. The van der Waals surface area contributed by atoms with Gasteiger partial charge in [0.15, 0.2) is 0 Å². The van der Waals surface area contributed by atoms with Gasteiger partial charge in [0.05, 0.1) is 5.69 Å². The van der Waals surface area contributed by atoms with Crippen LogP contribution in [0.3, 0.4) is 0 Å². The fraction of sp³-hybridized carbons (Fsp3) is 0.500. The first-order valence-electron chi connectivity index (χ1n) is 5.26. The largest absolute Gasteiger partial charge is 0.240 e. The quantitative estimate of drug-likeness (QED) is 0.734. The van der Waals surface area contributed by atoms with Crippen molar-refractivity contribution in [3.05, 3.63) is 23.0 Å². The second-order valence-corrected chi connectivity index (χ2v) is 5.87. The van der Waals surface area contributed by atoms with Crippen LogP contribution in [0.2, 0.25) is 0 Å². The molecular formula is C12H16N2S. The van der Waals surface area contributed by atoms with Crippen molar-refractivity contribution in [3.63, 3.8) is 0 Å². The molecular weight excluding hydrogens is 204 g/mol. The highest BCUT2D eigenvalue weighted by molar-refractivity contribution is 7.18. The molecule has 0 saturated heterocycles. The molecule has 2 aromatic heterocycles. The minimum atomic E-state index is 0.0906. The van der Waals surface area contributed by atoms with Crippen molar-refractivity contribution in [2.45, 2.75) is 39.5 Å². The van der Waals surface area contributed by atoms with Crippen LogP contribution in [-0.2, 0) is 11.8 Å². The Morgan fingerprint density at radius 3 is 2.60 bits per heavy atom. The Bertz CT molecular complexity index is 480. The van der Waals surface area contributed by atoms with Gasteiger partial charge in [-0.2, -0.15) is 0 Å². The molecule has 80 valence electrons. The number of hydrogen-bond acceptors (Lipinski definition) is 3. The summed E-state index contributed by atoms with van der Waals surface area (Å²) in [6.45, 7) is 8.75. The Balaban J connectivity index is 2.70. The van der Waals surface area contributed by atoms with E-state index in [-0.39, 0.29) is 5.41 Å². The zero-order valence-electron chi connectivity index (χ0n) is 9.66. The zero-order valence-corrected chi connectivity index (χ0v) is 10.5. The maximum absolute atomic E-state index is 4.42. The first-order valence-corrected chi connectivity index (χ1v) is 6.08. The first kappa shape index (κ1) is 10.6. The highest BCUT2D eigenvalue weighted by Crippen LogP contribution is 2.31. The van der Waals surface area contributed by atoms with Gasteiger partial charge >= 0.3 is 0 Å². The Morgan fingerprint density at radius 2 is 2.00 bits per heavy atom. The molecule has 2 heterocycles. The third-order valence-electron chi connectivity index (χ3n) is 2.44. The molecule has 0 radical (unpaired) electrons. The van der Waals surface area contributed by atoms with Crippen molar-refractivity contribution < 1.29 is 0 Å². The van der Waals surface area contributed by atoms with Crippen LogP contribution in [0.5, 0.6) is 0 Å². The predicted molar refractivity (Wildman–Crippen MR) is 65.5 cm³/mol. The van der Waals surface area contributed by atoms with Crippen LogP contribution in [0.25, 0.3) is 10.2 Å². The Kier molecular flexibility index (Phi) is 2.51. The van der Waals surface area contributed by atoms with Crippen molar-refractivity contribution in [1.29, 1.82) is 0 Å². The van der Waals surface area contributed by atoms with E-state index in [2.05, 4.69) is 43.7 Å². The van der Waals surface area contributed by atoms with Crippen molar-refractivity contribution in [2.24, 2.45) is 0 Å². The van der Waals surface area contributed by atoms with E-state index in [1.54, 1.807) is 17.7 Å². The van der Waals surface area contributed by atoms with E-state index in [0.29, 0.717) is 0 Å². The summed E-state index contributed by atoms with van der Waals surface area (Å²) in [5.74, 6) is 0. The third-order valence-corrected chi connectivity index (χ3v) is 3.63. The standard InChI is InChI=1S/C12H16N2S/c1-5-8-6-9-10(12(2,3)4)13-7-14-11(9)15-8/h6-7H,5H2,1-4H3. The lowest BCUT2D eigenvalue weighted by Gasteiger charge is -2.17. The molecule has 2 nitrogen and oxygen atoms in total. The third kappa shape index (κ3) is 1.88. The van der Waals surface area contributed by atoms with Crippen LogP contribution in [0, 0.1) is 0 Å². The highest BCUT2D eigenvalue weighted by atomic mass is 32.1. The minimum Gasteiger partial charge on any atom is -0.240 e. The molecule has 0 aliphatic heterocycles. The van der Waals surface area contributed by atoms with Gasteiger partial charge in [0.1, 0.15) is 11.2 Å². The molecule has 0 amide bonds. The molecule has 0 spiro atoms. The van der Waals surface area contributed by atoms with Gasteiger partial charge in [0.25, 0.3) is 0 Å². The smallest absolute Gasteiger partial charge is 0.127 e. The molecule has 0 aromatic carbocycles. The maximum atomic E-state index is 4.42. The molecule has 0 saturated carbocycles. The van der Waals surface area contributed by atoms with Crippen LogP contribution < -0.4 is 0 Å². The number of rotatable bonds is 1. The summed E-state index contributed by atoms with van der Waals surface area (Å²) in [5.41, 5.74) is 1.25. The summed E-state index contributed by atoms with van der Waals surface area (Å²) in [7, 11) is 0. The molecule has 0 aliphatic carbocycles. The number of aromatic nitrogens is 2. The van der Waals surface area contributed by atoms with Crippen molar-refractivity contribution in [1.82, 2.24) is 9.97 Å². The topological polar surface area (TPSA) is 25.8 Å². The molecule has 0 N–H and O–H groups in total. The second kappa shape index (κ2) is 3.56. The molecule has 3 heteroatoms. The number of thiophene rings is 1. The minimum absolute atomic E-state index is 0.0906. The van der Waals surface area contributed by atoms with E-state index in [1.165, 1.54) is 10.3 Å². The summed E-state index contributed by atoms with van der Waals surface area (Å²) in [4.78, 5) is 11.3. The van der Waals surface area contributed by atoms with Gasteiger partial charge in [-0.1, -0.05) is 27.7 Å². The molecule has 2 rings (SSSR count). The number of nitrogens with zero attached hydrogens (tertiary/aromatic N) is 2. The van der Waals surface area contributed by atoms with E-state index in [4.69, 9.17) is 0 Å².